The maximum absolute atomic E-state index is 11.4. The van der Waals surface area contributed by atoms with E-state index in [9.17, 15) is 4.79 Å². The molecule has 1 fully saturated rings. The molecule has 1 saturated heterocycles. The summed E-state index contributed by atoms with van der Waals surface area (Å²) in [6, 6.07) is -0.179. The largest absolute Gasteiger partial charge is 0.465 e. The third-order valence-electron chi connectivity index (χ3n) is 2.51. The van der Waals surface area contributed by atoms with Crippen molar-refractivity contribution in [3.8, 4) is 0 Å². The van der Waals surface area contributed by atoms with E-state index in [2.05, 4.69) is 5.32 Å². The second-order valence-electron chi connectivity index (χ2n) is 3.56. The molecule has 0 saturated carbocycles. The SMILES string of the molecule is CCOC(=O)C(CC1CCOC1)NC. The molecular weight excluding hydrogens is 182 g/mol. The van der Waals surface area contributed by atoms with Gasteiger partial charge in [-0.25, -0.2) is 0 Å². The molecule has 2 atom stereocenters. The fourth-order valence-electron chi connectivity index (χ4n) is 1.68. The number of likely N-dealkylation sites (N-methyl/N-ethyl adjacent to an activating group) is 1. The van der Waals surface area contributed by atoms with E-state index in [4.69, 9.17) is 9.47 Å². The highest BCUT2D eigenvalue weighted by molar-refractivity contribution is 5.75. The maximum atomic E-state index is 11.4. The molecular formula is C10H19NO3. The summed E-state index contributed by atoms with van der Waals surface area (Å²) in [5, 5.41) is 2.98. The van der Waals surface area contributed by atoms with Gasteiger partial charge >= 0.3 is 5.97 Å². The van der Waals surface area contributed by atoms with Gasteiger partial charge < -0.3 is 14.8 Å². The molecule has 0 spiro atoms. The van der Waals surface area contributed by atoms with Crippen LogP contribution in [0.2, 0.25) is 0 Å². The molecule has 0 aromatic heterocycles. The first kappa shape index (κ1) is 11.5. The molecule has 1 N–H and O–H groups in total. The van der Waals surface area contributed by atoms with Crippen molar-refractivity contribution in [1.29, 1.82) is 0 Å². The van der Waals surface area contributed by atoms with Gasteiger partial charge in [-0.05, 0) is 32.7 Å². The van der Waals surface area contributed by atoms with E-state index in [0.717, 1.165) is 26.1 Å². The highest BCUT2D eigenvalue weighted by Crippen LogP contribution is 2.18. The molecule has 4 heteroatoms. The Morgan fingerprint density at radius 2 is 2.50 bits per heavy atom. The van der Waals surface area contributed by atoms with Gasteiger partial charge in [-0.2, -0.15) is 0 Å². The standard InChI is InChI=1S/C10H19NO3/c1-3-14-10(12)9(11-2)6-8-4-5-13-7-8/h8-9,11H,3-7H2,1-2H3. The van der Waals surface area contributed by atoms with Crippen LogP contribution < -0.4 is 5.32 Å². The molecule has 0 bridgehead atoms. The quantitative estimate of drug-likeness (QED) is 0.660. The van der Waals surface area contributed by atoms with Crippen LogP contribution in [0.1, 0.15) is 19.8 Å². The Morgan fingerprint density at radius 1 is 1.71 bits per heavy atom. The van der Waals surface area contributed by atoms with Crippen molar-refractivity contribution < 1.29 is 14.3 Å². The zero-order valence-electron chi connectivity index (χ0n) is 8.91. The summed E-state index contributed by atoms with van der Waals surface area (Å²) in [6.07, 6.45) is 1.87. The summed E-state index contributed by atoms with van der Waals surface area (Å²) < 4.78 is 10.2. The van der Waals surface area contributed by atoms with Crippen molar-refractivity contribution in [2.75, 3.05) is 26.9 Å². The van der Waals surface area contributed by atoms with Crippen molar-refractivity contribution in [2.24, 2.45) is 5.92 Å². The van der Waals surface area contributed by atoms with Gasteiger partial charge in [0.1, 0.15) is 6.04 Å². The minimum Gasteiger partial charge on any atom is -0.465 e. The molecule has 14 heavy (non-hydrogen) atoms. The highest BCUT2D eigenvalue weighted by atomic mass is 16.5. The first-order valence-electron chi connectivity index (χ1n) is 5.19. The maximum Gasteiger partial charge on any atom is 0.323 e. The van der Waals surface area contributed by atoms with Crippen LogP contribution in [0.3, 0.4) is 0 Å². The van der Waals surface area contributed by atoms with Gasteiger partial charge in [0.25, 0.3) is 0 Å². The van der Waals surface area contributed by atoms with Gasteiger partial charge in [-0.3, -0.25) is 4.79 Å². The number of carbonyl (C=O) groups is 1. The third-order valence-corrected chi connectivity index (χ3v) is 2.51. The second kappa shape index (κ2) is 5.98. The van der Waals surface area contributed by atoms with E-state index in [1.165, 1.54) is 0 Å². The van der Waals surface area contributed by atoms with Crippen molar-refractivity contribution in [1.82, 2.24) is 5.32 Å². The molecule has 1 rings (SSSR count). The van der Waals surface area contributed by atoms with Crippen LogP contribution in [0, 0.1) is 5.92 Å². The van der Waals surface area contributed by atoms with Gasteiger partial charge in [0, 0.05) is 13.2 Å². The Bertz CT molecular complexity index is 178. The Kier molecular flexibility index (Phi) is 4.90. The number of carbonyl (C=O) groups excluding carboxylic acids is 1. The number of hydrogen-bond donors (Lipinski definition) is 1. The summed E-state index contributed by atoms with van der Waals surface area (Å²) in [6.45, 7) is 3.86. The molecule has 1 heterocycles. The molecule has 82 valence electrons. The number of esters is 1. The molecule has 4 nitrogen and oxygen atoms in total. The molecule has 1 aliphatic rings. The van der Waals surface area contributed by atoms with Crippen molar-refractivity contribution in [2.45, 2.75) is 25.8 Å². The molecule has 0 aromatic rings. The van der Waals surface area contributed by atoms with Crippen molar-refractivity contribution in [3.05, 3.63) is 0 Å². The lowest BCUT2D eigenvalue weighted by atomic mass is 9.99. The smallest absolute Gasteiger partial charge is 0.323 e. The van der Waals surface area contributed by atoms with E-state index in [1.54, 1.807) is 7.05 Å². The van der Waals surface area contributed by atoms with E-state index >= 15 is 0 Å². The Labute approximate surface area is 85.0 Å². The summed E-state index contributed by atoms with van der Waals surface area (Å²) in [5.74, 6) is 0.346. The molecule has 0 aromatic carbocycles. The molecule has 1 aliphatic heterocycles. The van der Waals surface area contributed by atoms with Crippen molar-refractivity contribution in [3.63, 3.8) is 0 Å². The van der Waals surface area contributed by atoms with Crippen LogP contribution in [-0.2, 0) is 14.3 Å². The number of ether oxygens (including phenoxy) is 2. The normalized spacial score (nSPS) is 23.4. The lowest BCUT2D eigenvalue weighted by Gasteiger charge is -2.17. The fourth-order valence-corrected chi connectivity index (χ4v) is 1.68. The average Bonchev–Trinajstić information content (AvgIpc) is 2.66. The Balaban J connectivity index is 2.33. The van der Waals surface area contributed by atoms with Crippen LogP contribution >= 0.6 is 0 Å². The lowest BCUT2D eigenvalue weighted by molar-refractivity contribution is -0.146. The van der Waals surface area contributed by atoms with E-state index in [0.29, 0.717) is 12.5 Å². The Morgan fingerprint density at radius 3 is 3.00 bits per heavy atom. The third kappa shape index (κ3) is 3.27. The second-order valence-corrected chi connectivity index (χ2v) is 3.56. The zero-order valence-corrected chi connectivity index (χ0v) is 8.91. The van der Waals surface area contributed by atoms with Crippen LogP contribution in [0.15, 0.2) is 0 Å². The number of rotatable bonds is 5. The van der Waals surface area contributed by atoms with Crippen LogP contribution in [-0.4, -0.2) is 38.9 Å². The Hall–Kier alpha value is -0.610. The monoisotopic (exact) mass is 201 g/mol. The first-order chi connectivity index (χ1) is 6.77. The average molecular weight is 201 g/mol. The summed E-state index contributed by atoms with van der Waals surface area (Å²) in [7, 11) is 1.79. The van der Waals surface area contributed by atoms with Crippen LogP contribution in [0.25, 0.3) is 0 Å². The molecule has 2 unspecified atom stereocenters. The number of hydrogen-bond acceptors (Lipinski definition) is 4. The summed E-state index contributed by atoms with van der Waals surface area (Å²) >= 11 is 0. The number of nitrogens with one attached hydrogen (secondary N) is 1. The minimum atomic E-state index is -0.179. The summed E-state index contributed by atoms with van der Waals surface area (Å²) in [4.78, 5) is 11.4. The van der Waals surface area contributed by atoms with Crippen LogP contribution in [0.5, 0.6) is 0 Å². The first-order valence-corrected chi connectivity index (χ1v) is 5.19. The fraction of sp³-hybridized carbons (Fsp3) is 0.900. The molecule has 0 aliphatic carbocycles. The lowest BCUT2D eigenvalue weighted by Crippen LogP contribution is -2.37. The van der Waals surface area contributed by atoms with Gasteiger partial charge in [0.2, 0.25) is 0 Å². The van der Waals surface area contributed by atoms with Gasteiger partial charge in [-0.1, -0.05) is 0 Å². The molecule has 0 radical (unpaired) electrons. The topological polar surface area (TPSA) is 47.6 Å². The van der Waals surface area contributed by atoms with Gasteiger partial charge in [-0.15, -0.1) is 0 Å². The predicted octanol–water partition coefficient (Wildman–Crippen LogP) is 0.564. The van der Waals surface area contributed by atoms with Gasteiger partial charge in [0.05, 0.1) is 6.61 Å². The molecule has 0 amide bonds. The van der Waals surface area contributed by atoms with E-state index in [1.807, 2.05) is 6.92 Å². The van der Waals surface area contributed by atoms with E-state index < -0.39 is 0 Å². The van der Waals surface area contributed by atoms with Crippen LogP contribution in [0.4, 0.5) is 0 Å². The summed E-state index contributed by atoms with van der Waals surface area (Å²) in [5.41, 5.74) is 0. The van der Waals surface area contributed by atoms with E-state index in [-0.39, 0.29) is 12.0 Å². The highest BCUT2D eigenvalue weighted by Gasteiger charge is 2.25. The van der Waals surface area contributed by atoms with Gasteiger partial charge in [0.15, 0.2) is 0 Å². The zero-order chi connectivity index (χ0) is 10.4. The predicted molar refractivity (Wildman–Crippen MR) is 53.0 cm³/mol. The minimum absolute atomic E-state index is 0.151. The van der Waals surface area contributed by atoms with Crippen molar-refractivity contribution >= 4 is 5.97 Å².